The van der Waals surface area contributed by atoms with Crippen molar-refractivity contribution in [3.8, 4) is 0 Å². The third-order valence-corrected chi connectivity index (χ3v) is 1.54. The summed E-state index contributed by atoms with van der Waals surface area (Å²) in [7, 11) is 0. The molecular formula is C10H12N2O2. The molecule has 4 nitrogen and oxygen atoms in total. The highest BCUT2D eigenvalue weighted by atomic mass is 16.5. The second-order valence-corrected chi connectivity index (χ2v) is 2.56. The Kier molecular flexibility index (Phi) is 4.23. The minimum atomic E-state index is -0.636. The number of nitrogens with two attached hydrogens (primary N) is 1. The molecule has 1 rings (SSSR count). The summed E-state index contributed by atoms with van der Waals surface area (Å²) in [5.74, 6) is 4.82. The fourth-order valence-corrected chi connectivity index (χ4v) is 0.914. The lowest BCUT2D eigenvalue weighted by molar-refractivity contribution is 0.158. The fraction of sp³-hybridized carbons (Fsp3) is 0.100. The van der Waals surface area contributed by atoms with Gasteiger partial charge < -0.3 is 4.74 Å². The molecule has 14 heavy (non-hydrogen) atoms. The number of benzene rings is 1. The second kappa shape index (κ2) is 5.77. The Hall–Kier alpha value is -1.81. The molecule has 74 valence electrons. The van der Waals surface area contributed by atoms with Crippen molar-refractivity contribution < 1.29 is 9.53 Å². The normalized spacial score (nSPS) is 10.1. The van der Waals surface area contributed by atoms with Gasteiger partial charge in [-0.3, -0.25) is 5.43 Å². The Morgan fingerprint density at radius 1 is 1.43 bits per heavy atom. The van der Waals surface area contributed by atoms with Crippen molar-refractivity contribution in [1.29, 1.82) is 0 Å². The van der Waals surface area contributed by atoms with Crippen molar-refractivity contribution in [3.05, 3.63) is 42.0 Å². The van der Waals surface area contributed by atoms with Crippen LogP contribution < -0.4 is 11.3 Å². The van der Waals surface area contributed by atoms with Crippen LogP contribution in [0.4, 0.5) is 4.79 Å². The Bertz CT molecular complexity index is 309. The number of nitrogens with one attached hydrogen (secondary N) is 1. The van der Waals surface area contributed by atoms with E-state index in [0.717, 1.165) is 5.56 Å². The van der Waals surface area contributed by atoms with Gasteiger partial charge in [0.15, 0.2) is 0 Å². The summed E-state index contributed by atoms with van der Waals surface area (Å²) in [6.07, 6.45) is 2.97. The zero-order valence-electron chi connectivity index (χ0n) is 7.64. The zero-order valence-corrected chi connectivity index (χ0v) is 7.64. The standard InChI is InChI=1S/C10H12N2O2/c11-12-10(13)14-8-4-7-9-5-2-1-3-6-9/h1-7H,8,11H2,(H,12,13). The molecule has 0 aliphatic heterocycles. The van der Waals surface area contributed by atoms with E-state index in [1.165, 1.54) is 0 Å². The number of ether oxygens (including phenoxy) is 1. The van der Waals surface area contributed by atoms with Crippen molar-refractivity contribution >= 4 is 12.2 Å². The van der Waals surface area contributed by atoms with Crippen LogP contribution in [0, 0.1) is 0 Å². The SMILES string of the molecule is NNC(=O)OCC=Cc1ccccc1. The molecule has 0 fully saturated rings. The van der Waals surface area contributed by atoms with Gasteiger partial charge in [-0.25, -0.2) is 10.6 Å². The maximum atomic E-state index is 10.5. The van der Waals surface area contributed by atoms with Gasteiger partial charge in [-0.2, -0.15) is 0 Å². The molecule has 0 radical (unpaired) electrons. The van der Waals surface area contributed by atoms with Crippen molar-refractivity contribution in [3.63, 3.8) is 0 Å². The highest BCUT2D eigenvalue weighted by Gasteiger charge is 1.92. The van der Waals surface area contributed by atoms with Gasteiger partial charge in [-0.15, -0.1) is 0 Å². The summed E-state index contributed by atoms with van der Waals surface area (Å²) in [6, 6.07) is 9.73. The molecule has 3 N–H and O–H groups in total. The molecule has 0 atom stereocenters. The highest BCUT2D eigenvalue weighted by Crippen LogP contribution is 2.00. The first-order valence-corrected chi connectivity index (χ1v) is 4.18. The highest BCUT2D eigenvalue weighted by molar-refractivity contribution is 5.66. The molecule has 0 unspecified atom stereocenters. The van der Waals surface area contributed by atoms with Crippen molar-refractivity contribution in [2.45, 2.75) is 0 Å². The van der Waals surface area contributed by atoms with E-state index in [0.29, 0.717) is 0 Å². The average molecular weight is 192 g/mol. The van der Waals surface area contributed by atoms with Crippen molar-refractivity contribution in [1.82, 2.24) is 5.43 Å². The van der Waals surface area contributed by atoms with Gasteiger partial charge in [0.25, 0.3) is 0 Å². The van der Waals surface area contributed by atoms with Crippen LogP contribution in [0.25, 0.3) is 6.08 Å². The minimum Gasteiger partial charge on any atom is -0.444 e. The quantitative estimate of drug-likeness (QED) is 0.431. The Labute approximate surface area is 82.3 Å². The van der Waals surface area contributed by atoms with E-state index in [9.17, 15) is 4.79 Å². The van der Waals surface area contributed by atoms with E-state index in [1.807, 2.05) is 41.8 Å². The Morgan fingerprint density at radius 2 is 2.14 bits per heavy atom. The fourth-order valence-electron chi connectivity index (χ4n) is 0.914. The largest absolute Gasteiger partial charge is 0.444 e. The molecule has 0 bridgehead atoms. The van der Waals surface area contributed by atoms with E-state index in [4.69, 9.17) is 5.84 Å². The first-order chi connectivity index (χ1) is 6.83. The van der Waals surface area contributed by atoms with E-state index in [2.05, 4.69) is 4.74 Å². The molecule has 4 heteroatoms. The summed E-state index contributed by atoms with van der Waals surface area (Å²) >= 11 is 0. The topological polar surface area (TPSA) is 64.3 Å². The predicted molar refractivity (Wildman–Crippen MR) is 54.1 cm³/mol. The van der Waals surface area contributed by atoms with Gasteiger partial charge in [-0.05, 0) is 11.6 Å². The molecule has 0 aliphatic carbocycles. The number of hydrogen-bond acceptors (Lipinski definition) is 3. The van der Waals surface area contributed by atoms with Gasteiger partial charge in [-0.1, -0.05) is 36.4 Å². The van der Waals surface area contributed by atoms with E-state index in [1.54, 1.807) is 6.08 Å². The predicted octanol–water partition coefficient (Wildman–Crippen LogP) is 1.30. The lowest BCUT2D eigenvalue weighted by atomic mass is 10.2. The lowest BCUT2D eigenvalue weighted by Crippen LogP contribution is -2.30. The number of hydrazine groups is 1. The minimum absolute atomic E-state index is 0.206. The van der Waals surface area contributed by atoms with E-state index >= 15 is 0 Å². The first kappa shape index (κ1) is 10.3. The molecule has 1 aromatic carbocycles. The van der Waals surface area contributed by atoms with Gasteiger partial charge in [0.05, 0.1) is 0 Å². The Balaban J connectivity index is 2.31. The monoisotopic (exact) mass is 192 g/mol. The summed E-state index contributed by atoms with van der Waals surface area (Å²) < 4.78 is 4.65. The smallest absolute Gasteiger partial charge is 0.421 e. The van der Waals surface area contributed by atoms with Crippen LogP contribution in [0.1, 0.15) is 5.56 Å². The average Bonchev–Trinajstić information content (AvgIpc) is 2.25. The number of carbonyl (C=O) groups excluding carboxylic acids is 1. The summed E-state index contributed by atoms with van der Waals surface area (Å²) in [4.78, 5) is 10.5. The molecule has 0 heterocycles. The van der Waals surface area contributed by atoms with Crippen LogP contribution in [0.5, 0.6) is 0 Å². The first-order valence-electron chi connectivity index (χ1n) is 4.18. The second-order valence-electron chi connectivity index (χ2n) is 2.56. The van der Waals surface area contributed by atoms with Crippen molar-refractivity contribution in [2.75, 3.05) is 6.61 Å². The third kappa shape index (κ3) is 3.73. The molecule has 0 aromatic heterocycles. The van der Waals surface area contributed by atoms with Crippen LogP contribution in [0.2, 0.25) is 0 Å². The van der Waals surface area contributed by atoms with Crippen LogP contribution in [-0.4, -0.2) is 12.7 Å². The van der Waals surface area contributed by atoms with Crippen LogP contribution in [0.3, 0.4) is 0 Å². The van der Waals surface area contributed by atoms with Crippen LogP contribution in [0.15, 0.2) is 36.4 Å². The lowest BCUT2D eigenvalue weighted by Gasteiger charge is -1.98. The van der Waals surface area contributed by atoms with Gasteiger partial charge in [0.2, 0.25) is 0 Å². The molecule has 0 saturated heterocycles. The molecule has 0 aliphatic rings. The maximum Gasteiger partial charge on any atom is 0.421 e. The van der Waals surface area contributed by atoms with E-state index in [-0.39, 0.29) is 6.61 Å². The number of amides is 1. The maximum absolute atomic E-state index is 10.5. The molecule has 0 spiro atoms. The summed E-state index contributed by atoms with van der Waals surface area (Å²) in [5.41, 5.74) is 2.93. The van der Waals surface area contributed by atoms with Crippen LogP contribution >= 0.6 is 0 Å². The zero-order chi connectivity index (χ0) is 10.2. The Morgan fingerprint density at radius 3 is 2.79 bits per heavy atom. The number of carbonyl (C=O) groups is 1. The van der Waals surface area contributed by atoms with Gasteiger partial charge in [0.1, 0.15) is 6.61 Å². The molecular weight excluding hydrogens is 180 g/mol. The van der Waals surface area contributed by atoms with Gasteiger partial charge in [0, 0.05) is 0 Å². The number of hydrogen-bond donors (Lipinski definition) is 2. The molecule has 1 aromatic rings. The van der Waals surface area contributed by atoms with Gasteiger partial charge >= 0.3 is 6.09 Å². The molecule has 1 amide bonds. The summed E-state index contributed by atoms with van der Waals surface area (Å²) in [5, 5.41) is 0. The summed E-state index contributed by atoms with van der Waals surface area (Å²) in [6.45, 7) is 0.206. The van der Waals surface area contributed by atoms with Crippen molar-refractivity contribution in [2.24, 2.45) is 5.84 Å². The van der Waals surface area contributed by atoms with Crippen LogP contribution in [-0.2, 0) is 4.74 Å². The molecule has 0 saturated carbocycles. The number of rotatable bonds is 3. The van der Waals surface area contributed by atoms with E-state index < -0.39 is 6.09 Å². The third-order valence-electron chi connectivity index (χ3n) is 1.54.